The van der Waals surface area contributed by atoms with E-state index in [1.54, 1.807) is 0 Å². The SMILES string of the molecule is CCNC(=NCc1nnc2n1CCC2)NC(C)Cc1c(C)nn(C)c1C. The van der Waals surface area contributed by atoms with Crippen LogP contribution >= 0.6 is 0 Å². The minimum atomic E-state index is 0.249. The van der Waals surface area contributed by atoms with Crippen molar-refractivity contribution in [1.82, 2.24) is 35.2 Å². The van der Waals surface area contributed by atoms with Gasteiger partial charge in [-0.05, 0) is 46.1 Å². The predicted molar refractivity (Wildman–Crippen MR) is 102 cm³/mol. The highest BCUT2D eigenvalue weighted by Gasteiger charge is 2.17. The Morgan fingerprint density at radius 2 is 2.12 bits per heavy atom. The number of hydrogen-bond acceptors (Lipinski definition) is 4. The molecule has 0 amide bonds. The van der Waals surface area contributed by atoms with Gasteiger partial charge in [-0.2, -0.15) is 5.10 Å². The summed E-state index contributed by atoms with van der Waals surface area (Å²) in [6.07, 6.45) is 3.09. The Balaban J connectivity index is 1.65. The zero-order valence-electron chi connectivity index (χ0n) is 16.5. The first-order chi connectivity index (χ1) is 12.5. The average molecular weight is 358 g/mol. The van der Waals surface area contributed by atoms with Gasteiger partial charge in [-0.15, -0.1) is 10.2 Å². The van der Waals surface area contributed by atoms with Crippen LogP contribution in [0, 0.1) is 13.8 Å². The Morgan fingerprint density at radius 3 is 2.81 bits per heavy atom. The van der Waals surface area contributed by atoms with Crippen LogP contribution in [0.4, 0.5) is 0 Å². The van der Waals surface area contributed by atoms with Crippen molar-refractivity contribution in [1.29, 1.82) is 0 Å². The highest BCUT2D eigenvalue weighted by atomic mass is 15.3. The fourth-order valence-corrected chi connectivity index (χ4v) is 3.50. The third kappa shape index (κ3) is 3.89. The maximum atomic E-state index is 4.72. The summed E-state index contributed by atoms with van der Waals surface area (Å²) in [4.78, 5) is 4.72. The normalized spacial score (nSPS) is 15.2. The topological polar surface area (TPSA) is 84.9 Å². The molecule has 26 heavy (non-hydrogen) atoms. The summed E-state index contributed by atoms with van der Waals surface area (Å²) in [5.74, 6) is 2.85. The second kappa shape index (κ2) is 7.88. The van der Waals surface area contributed by atoms with Gasteiger partial charge in [-0.1, -0.05) is 0 Å². The summed E-state index contributed by atoms with van der Waals surface area (Å²) in [5, 5.41) is 19.9. The number of hydrogen-bond donors (Lipinski definition) is 2. The lowest BCUT2D eigenvalue weighted by Gasteiger charge is -2.18. The largest absolute Gasteiger partial charge is 0.357 e. The van der Waals surface area contributed by atoms with Gasteiger partial charge in [0.05, 0.1) is 5.69 Å². The van der Waals surface area contributed by atoms with Crippen LogP contribution in [0.25, 0.3) is 0 Å². The summed E-state index contributed by atoms with van der Waals surface area (Å²) in [5.41, 5.74) is 3.62. The van der Waals surface area contributed by atoms with Crippen LogP contribution < -0.4 is 10.6 Å². The first kappa shape index (κ1) is 18.4. The molecule has 8 heteroatoms. The van der Waals surface area contributed by atoms with Crippen molar-refractivity contribution in [3.8, 4) is 0 Å². The highest BCUT2D eigenvalue weighted by Crippen LogP contribution is 2.15. The van der Waals surface area contributed by atoms with Crippen LogP contribution in [-0.2, 0) is 33.0 Å². The molecule has 1 aliphatic rings. The van der Waals surface area contributed by atoms with Crippen LogP contribution in [0.1, 0.15) is 48.9 Å². The maximum absolute atomic E-state index is 4.72. The monoisotopic (exact) mass is 358 g/mol. The van der Waals surface area contributed by atoms with E-state index in [0.717, 1.165) is 55.7 Å². The molecule has 0 radical (unpaired) electrons. The van der Waals surface area contributed by atoms with Crippen molar-refractivity contribution in [3.63, 3.8) is 0 Å². The van der Waals surface area contributed by atoms with Gasteiger partial charge in [0.2, 0.25) is 0 Å². The minimum absolute atomic E-state index is 0.249. The van der Waals surface area contributed by atoms with Gasteiger partial charge < -0.3 is 15.2 Å². The van der Waals surface area contributed by atoms with E-state index >= 15 is 0 Å². The van der Waals surface area contributed by atoms with Gasteiger partial charge in [0, 0.05) is 38.3 Å². The number of fused-ring (bicyclic) bond motifs is 1. The lowest BCUT2D eigenvalue weighted by Crippen LogP contribution is -2.43. The fraction of sp³-hybridized carbons (Fsp3) is 0.667. The van der Waals surface area contributed by atoms with E-state index in [1.807, 2.05) is 11.7 Å². The molecule has 2 N–H and O–H groups in total. The highest BCUT2D eigenvalue weighted by molar-refractivity contribution is 5.80. The second-order valence-corrected chi connectivity index (χ2v) is 7.01. The van der Waals surface area contributed by atoms with E-state index in [2.05, 4.69) is 58.2 Å². The van der Waals surface area contributed by atoms with Crippen molar-refractivity contribution in [2.45, 2.75) is 66.1 Å². The Hall–Kier alpha value is -2.38. The Morgan fingerprint density at radius 1 is 1.31 bits per heavy atom. The molecule has 8 nitrogen and oxygen atoms in total. The molecule has 3 heterocycles. The molecule has 0 saturated carbocycles. The molecular formula is C18H30N8. The quantitative estimate of drug-likeness (QED) is 0.600. The zero-order valence-corrected chi connectivity index (χ0v) is 16.5. The van der Waals surface area contributed by atoms with E-state index in [4.69, 9.17) is 4.99 Å². The first-order valence-electron chi connectivity index (χ1n) is 9.44. The zero-order chi connectivity index (χ0) is 18.7. The predicted octanol–water partition coefficient (Wildman–Crippen LogP) is 1.26. The smallest absolute Gasteiger partial charge is 0.191 e. The molecule has 0 aromatic carbocycles. The number of rotatable bonds is 6. The number of aryl methyl sites for hydroxylation is 3. The number of guanidine groups is 1. The van der Waals surface area contributed by atoms with Crippen LogP contribution in [0.5, 0.6) is 0 Å². The molecular weight excluding hydrogens is 328 g/mol. The molecule has 1 aliphatic heterocycles. The lowest BCUT2D eigenvalue weighted by molar-refractivity contribution is 0.631. The van der Waals surface area contributed by atoms with Crippen LogP contribution in [0.3, 0.4) is 0 Å². The minimum Gasteiger partial charge on any atom is -0.357 e. The summed E-state index contributed by atoms with van der Waals surface area (Å²) in [7, 11) is 1.99. The summed E-state index contributed by atoms with van der Waals surface area (Å²) in [6.45, 7) is 10.8. The Bertz CT molecular complexity index is 785. The molecule has 0 fully saturated rings. The number of nitrogens with zero attached hydrogens (tertiary/aromatic N) is 6. The van der Waals surface area contributed by atoms with Gasteiger partial charge in [0.15, 0.2) is 11.8 Å². The van der Waals surface area contributed by atoms with Gasteiger partial charge in [0.1, 0.15) is 12.4 Å². The van der Waals surface area contributed by atoms with Crippen LogP contribution in [-0.4, -0.2) is 43.1 Å². The molecule has 0 aliphatic carbocycles. The van der Waals surface area contributed by atoms with Gasteiger partial charge in [0.25, 0.3) is 0 Å². The van der Waals surface area contributed by atoms with Crippen molar-refractivity contribution < 1.29 is 0 Å². The van der Waals surface area contributed by atoms with Crippen molar-refractivity contribution in [3.05, 3.63) is 28.6 Å². The van der Waals surface area contributed by atoms with Gasteiger partial charge in [-0.3, -0.25) is 4.68 Å². The van der Waals surface area contributed by atoms with Crippen molar-refractivity contribution >= 4 is 5.96 Å². The van der Waals surface area contributed by atoms with Crippen LogP contribution in [0.2, 0.25) is 0 Å². The second-order valence-electron chi connectivity index (χ2n) is 7.01. The number of nitrogens with one attached hydrogen (secondary N) is 2. The molecule has 2 aromatic heterocycles. The van der Waals surface area contributed by atoms with E-state index in [9.17, 15) is 0 Å². The van der Waals surface area contributed by atoms with E-state index in [0.29, 0.717) is 6.54 Å². The Labute approximate surface area is 155 Å². The molecule has 1 unspecified atom stereocenters. The fourth-order valence-electron chi connectivity index (χ4n) is 3.50. The molecule has 2 aromatic rings. The van der Waals surface area contributed by atoms with Crippen molar-refractivity contribution in [2.24, 2.45) is 12.0 Å². The average Bonchev–Trinajstić information content (AvgIpc) is 3.26. The third-order valence-corrected chi connectivity index (χ3v) is 4.96. The van der Waals surface area contributed by atoms with E-state index in [1.165, 1.54) is 11.3 Å². The molecule has 142 valence electrons. The number of aliphatic imine (C=N–C) groups is 1. The van der Waals surface area contributed by atoms with Crippen LogP contribution in [0.15, 0.2) is 4.99 Å². The first-order valence-corrected chi connectivity index (χ1v) is 9.44. The summed E-state index contributed by atoms with van der Waals surface area (Å²) < 4.78 is 4.14. The molecule has 0 saturated heterocycles. The van der Waals surface area contributed by atoms with Crippen molar-refractivity contribution in [2.75, 3.05) is 6.54 Å². The Kier molecular flexibility index (Phi) is 5.58. The standard InChI is InChI=1S/C18H30N8/c1-6-19-18(20-11-17-23-22-16-8-7-9-26(16)17)21-12(2)10-15-13(3)24-25(5)14(15)4/h12H,6-11H2,1-5H3,(H2,19,20,21). The number of aromatic nitrogens is 5. The maximum Gasteiger partial charge on any atom is 0.191 e. The molecule has 3 rings (SSSR count). The van der Waals surface area contributed by atoms with E-state index in [-0.39, 0.29) is 6.04 Å². The molecule has 0 spiro atoms. The summed E-state index contributed by atoms with van der Waals surface area (Å²) >= 11 is 0. The summed E-state index contributed by atoms with van der Waals surface area (Å²) in [6, 6.07) is 0.249. The lowest BCUT2D eigenvalue weighted by atomic mass is 10.1. The van der Waals surface area contributed by atoms with Gasteiger partial charge in [-0.25, -0.2) is 4.99 Å². The van der Waals surface area contributed by atoms with E-state index < -0.39 is 0 Å². The molecule has 0 bridgehead atoms. The third-order valence-electron chi connectivity index (χ3n) is 4.96. The molecule has 1 atom stereocenters. The van der Waals surface area contributed by atoms with Gasteiger partial charge >= 0.3 is 0 Å².